The van der Waals surface area contributed by atoms with Gasteiger partial charge in [-0.25, -0.2) is 4.68 Å². The van der Waals surface area contributed by atoms with Crippen LogP contribution in [0.1, 0.15) is 15.9 Å². The van der Waals surface area contributed by atoms with Crippen LogP contribution in [-0.4, -0.2) is 27.3 Å². The summed E-state index contributed by atoms with van der Waals surface area (Å²) >= 11 is 1.47. The van der Waals surface area contributed by atoms with Crippen molar-refractivity contribution >= 4 is 35.1 Å². The van der Waals surface area contributed by atoms with Gasteiger partial charge in [0.05, 0.1) is 24.2 Å². The summed E-state index contributed by atoms with van der Waals surface area (Å²) in [5.74, 6) is 0.723. The van der Waals surface area contributed by atoms with Crippen LogP contribution in [0.15, 0.2) is 65.7 Å². The van der Waals surface area contributed by atoms with E-state index in [-0.39, 0.29) is 11.8 Å². The summed E-state index contributed by atoms with van der Waals surface area (Å²) in [6.45, 7) is 0.570. The lowest BCUT2D eigenvalue weighted by atomic mass is 10.2. The zero-order valence-corrected chi connectivity index (χ0v) is 14.6. The zero-order valence-electron chi connectivity index (χ0n) is 13.8. The molecule has 0 radical (unpaired) electrons. The van der Waals surface area contributed by atoms with E-state index in [0.717, 1.165) is 10.5 Å². The van der Waals surface area contributed by atoms with Crippen LogP contribution < -0.4 is 10.6 Å². The third-order valence-corrected chi connectivity index (χ3v) is 5.08. The molecule has 26 heavy (non-hydrogen) atoms. The fourth-order valence-electron chi connectivity index (χ4n) is 2.73. The van der Waals surface area contributed by atoms with Crippen molar-refractivity contribution in [1.82, 2.24) is 9.78 Å². The molecule has 2 aromatic carbocycles. The second-order valence-corrected chi connectivity index (χ2v) is 6.88. The molecule has 1 aromatic heterocycles. The van der Waals surface area contributed by atoms with E-state index in [1.54, 1.807) is 29.1 Å². The number of rotatable bonds is 4. The highest BCUT2D eigenvalue weighted by molar-refractivity contribution is 8.00. The van der Waals surface area contributed by atoms with Gasteiger partial charge in [-0.1, -0.05) is 30.3 Å². The fourth-order valence-corrected chi connectivity index (χ4v) is 3.52. The second-order valence-electron chi connectivity index (χ2n) is 5.86. The Morgan fingerprint density at radius 2 is 2.04 bits per heavy atom. The lowest BCUT2D eigenvalue weighted by Crippen LogP contribution is -2.20. The van der Waals surface area contributed by atoms with Crippen LogP contribution >= 0.6 is 11.8 Å². The lowest BCUT2D eigenvalue weighted by molar-refractivity contribution is -0.113. The number of aromatic nitrogens is 2. The molecule has 4 rings (SSSR count). The number of benzene rings is 2. The molecule has 0 atom stereocenters. The van der Waals surface area contributed by atoms with Gasteiger partial charge < -0.3 is 10.6 Å². The van der Waals surface area contributed by atoms with Gasteiger partial charge in [-0.2, -0.15) is 5.10 Å². The normalized spacial score (nSPS) is 13.0. The Hall–Kier alpha value is -3.06. The Morgan fingerprint density at radius 3 is 2.88 bits per heavy atom. The Balaban J connectivity index is 1.52. The molecular formula is C19H16N4O2S. The molecule has 0 bridgehead atoms. The van der Waals surface area contributed by atoms with Crippen molar-refractivity contribution in [3.05, 3.63) is 71.9 Å². The maximum Gasteiger partial charge on any atom is 0.256 e. The first kappa shape index (κ1) is 16.4. The number of thioether (sulfide) groups is 1. The molecule has 0 aliphatic carbocycles. The van der Waals surface area contributed by atoms with E-state index in [1.807, 2.05) is 36.4 Å². The Labute approximate surface area is 154 Å². The van der Waals surface area contributed by atoms with E-state index in [0.29, 0.717) is 29.4 Å². The van der Waals surface area contributed by atoms with Crippen LogP contribution in [0.4, 0.5) is 11.5 Å². The first-order chi connectivity index (χ1) is 12.7. The first-order valence-corrected chi connectivity index (χ1v) is 9.11. The summed E-state index contributed by atoms with van der Waals surface area (Å²) < 4.78 is 1.74. The van der Waals surface area contributed by atoms with Gasteiger partial charge in [-0.15, -0.1) is 11.8 Å². The number of nitrogens with zero attached hydrogens (tertiary/aromatic N) is 2. The number of nitrogens with one attached hydrogen (secondary N) is 2. The number of amides is 2. The van der Waals surface area contributed by atoms with Crippen LogP contribution in [0.2, 0.25) is 0 Å². The van der Waals surface area contributed by atoms with E-state index < -0.39 is 0 Å². The third kappa shape index (κ3) is 3.48. The Kier molecular flexibility index (Phi) is 4.45. The summed E-state index contributed by atoms with van der Waals surface area (Å²) in [4.78, 5) is 25.1. The molecule has 0 fully saturated rings. The van der Waals surface area contributed by atoms with Crippen molar-refractivity contribution in [3.8, 4) is 0 Å². The molecular weight excluding hydrogens is 348 g/mol. The quantitative estimate of drug-likeness (QED) is 0.745. The maximum atomic E-state index is 12.6. The molecule has 1 aliphatic heterocycles. The first-order valence-electron chi connectivity index (χ1n) is 8.13. The number of hydrogen-bond acceptors (Lipinski definition) is 4. The van der Waals surface area contributed by atoms with Gasteiger partial charge in [0.2, 0.25) is 5.91 Å². The number of hydrogen-bond donors (Lipinski definition) is 2. The maximum absolute atomic E-state index is 12.6. The summed E-state index contributed by atoms with van der Waals surface area (Å²) in [6, 6.07) is 17.0. The van der Waals surface area contributed by atoms with Gasteiger partial charge in [0.1, 0.15) is 5.82 Å². The van der Waals surface area contributed by atoms with Crippen LogP contribution in [-0.2, 0) is 11.3 Å². The minimum Gasteiger partial charge on any atom is -0.324 e. The molecule has 0 saturated carbocycles. The van der Waals surface area contributed by atoms with Crippen molar-refractivity contribution in [1.29, 1.82) is 0 Å². The van der Waals surface area contributed by atoms with E-state index in [9.17, 15) is 9.59 Å². The Bertz CT molecular complexity index is 969. The standard InChI is InChI=1S/C19H16N4O2S/c24-18-12-26-16-7-6-14(10-15(16)21-18)19(25)22-17-8-9-20-23(17)11-13-4-2-1-3-5-13/h1-10H,11-12H2,(H,21,24)(H,22,25). The fraction of sp³-hybridized carbons (Fsp3) is 0.105. The van der Waals surface area contributed by atoms with E-state index >= 15 is 0 Å². The van der Waals surface area contributed by atoms with Crippen LogP contribution in [0.25, 0.3) is 0 Å². The summed E-state index contributed by atoms with van der Waals surface area (Å²) in [6.07, 6.45) is 1.66. The van der Waals surface area contributed by atoms with E-state index in [4.69, 9.17) is 0 Å². The summed E-state index contributed by atoms with van der Waals surface area (Å²) in [5.41, 5.74) is 2.26. The van der Waals surface area contributed by atoms with E-state index in [1.165, 1.54) is 11.8 Å². The van der Waals surface area contributed by atoms with Crippen LogP contribution in [0.5, 0.6) is 0 Å². The van der Waals surface area contributed by atoms with Gasteiger partial charge >= 0.3 is 0 Å². The van der Waals surface area contributed by atoms with Crippen molar-refractivity contribution in [2.75, 3.05) is 16.4 Å². The predicted octanol–water partition coefficient (Wildman–Crippen LogP) is 3.23. The van der Waals surface area contributed by atoms with Gasteiger partial charge in [0.15, 0.2) is 0 Å². The van der Waals surface area contributed by atoms with E-state index in [2.05, 4.69) is 15.7 Å². The number of carbonyl (C=O) groups excluding carboxylic acids is 2. The molecule has 7 heteroatoms. The second kappa shape index (κ2) is 7.05. The molecule has 0 spiro atoms. The van der Waals surface area contributed by atoms with Crippen LogP contribution in [0, 0.1) is 0 Å². The van der Waals surface area contributed by atoms with Gasteiger partial charge in [0, 0.05) is 16.5 Å². The van der Waals surface area contributed by atoms with Crippen molar-refractivity contribution in [3.63, 3.8) is 0 Å². The van der Waals surface area contributed by atoms with Gasteiger partial charge in [-0.3, -0.25) is 9.59 Å². The average molecular weight is 364 g/mol. The molecule has 3 aromatic rings. The van der Waals surface area contributed by atoms with Crippen molar-refractivity contribution in [2.45, 2.75) is 11.4 Å². The van der Waals surface area contributed by atoms with Crippen molar-refractivity contribution < 1.29 is 9.59 Å². The van der Waals surface area contributed by atoms with Crippen molar-refractivity contribution in [2.24, 2.45) is 0 Å². The molecule has 2 amide bonds. The molecule has 130 valence electrons. The average Bonchev–Trinajstić information content (AvgIpc) is 3.08. The highest BCUT2D eigenvalue weighted by Gasteiger charge is 2.18. The Morgan fingerprint density at radius 1 is 1.19 bits per heavy atom. The largest absolute Gasteiger partial charge is 0.324 e. The molecule has 1 aliphatic rings. The highest BCUT2D eigenvalue weighted by Crippen LogP contribution is 2.32. The molecule has 0 saturated heterocycles. The van der Waals surface area contributed by atoms with Crippen LogP contribution in [0.3, 0.4) is 0 Å². The molecule has 0 unspecified atom stereocenters. The summed E-state index contributed by atoms with van der Waals surface area (Å²) in [7, 11) is 0. The number of anilines is 2. The highest BCUT2D eigenvalue weighted by atomic mass is 32.2. The molecule has 2 N–H and O–H groups in total. The number of fused-ring (bicyclic) bond motifs is 1. The lowest BCUT2D eigenvalue weighted by Gasteiger charge is -2.17. The minimum atomic E-state index is -0.243. The zero-order chi connectivity index (χ0) is 17.9. The monoisotopic (exact) mass is 364 g/mol. The predicted molar refractivity (Wildman–Crippen MR) is 102 cm³/mol. The smallest absolute Gasteiger partial charge is 0.256 e. The molecule has 2 heterocycles. The van der Waals surface area contributed by atoms with Gasteiger partial charge in [-0.05, 0) is 23.8 Å². The summed E-state index contributed by atoms with van der Waals surface area (Å²) in [5, 5.41) is 9.97. The molecule has 6 nitrogen and oxygen atoms in total. The van der Waals surface area contributed by atoms with Gasteiger partial charge in [0.25, 0.3) is 5.91 Å². The number of carbonyl (C=O) groups is 2. The third-order valence-electron chi connectivity index (χ3n) is 4.01. The topological polar surface area (TPSA) is 76.0 Å². The minimum absolute atomic E-state index is 0.0546. The SMILES string of the molecule is O=C1CSc2ccc(C(=O)Nc3ccnn3Cc3ccccc3)cc2N1.